The molecule has 3 rings (SSSR count). The number of allylic oxidation sites excluding steroid dienone is 2. The smallest absolute Gasteiger partial charge is 0.0389 e. The van der Waals surface area contributed by atoms with Crippen molar-refractivity contribution in [3.05, 3.63) is 12.2 Å². The summed E-state index contributed by atoms with van der Waals surface area (Å²) in [5, 5.41) is 0. The van der Waals surface area contributed by atoms with E-state index in [1.807, 2.05) is 0 Å². The van der Waals surface area contributed by atoms with Crippen LogP contribution >= 0.6 is 0 Å². The van der Waals surface area contributed by atoms with Gasteiger partial charge in [-0.1, -0.05) is 12.2 Å². The Morgan fingerprint density at radius 3 is 3.38 bits per heavy atom. The van der Waals surface area contributed by atoms with E-state index >= 15 is 0 Å². The van der Waals surface area contributed by atoms with Gasteiger partial charge in [0.05, 0.1) is 0 Å². The maximum Gasteiger partial charge on any atom is 0.0389 e. The number of hydrogen-bond acceptors (Lipinski definition) is 1. The van der Waals surface area contributed by atoms with Gasteiger partial charge in [-0.05, 0) is 44.4 Å². The second-order valence-electron chi connectivity index (χ2n) is 4.72. The first-order valence-electron chi connectivity index (χ1n) is 5.62. The third-order valence-corrected chi connectivity index (χ3v) is 4.15. The van der Waals surface area contributed by atoms with Gasteiger partial charge in [0, 0.05) is 17.7 Å². The summed E-state index contributed by atoms with van der Waals surface area (Å²) in [6, 6.07) is 0. The number of aliphatic imine (C=N–C) groups is 1. The summed E-state index contributed by atoms with van der Waals surface area (Å²) in [6.45, 7) is 1.10. The second-order valence-corrected chi connectivity index (χ2v) is 4.72. The van der Waals surface area contributed by atoms with Crippen molar-refractivity contribution in [3.8, 4) is 0 Å². The Labute approximate surface area is 79.9 Å². The molecule has 0 aromatic rings. The minimum Gasteiger partial charge on any atom is -0.294 e. The third-order valence-electron chi connectivity index (χ3n) is 4.15. The summed E-state index contributed by atoms with van der Waals surface area (Å²) in [7, 11) is 0. The van der Waals surface area contributed by atoms with Crippen molar-refractivity contribution >= 4 is 5.71 Å². The third kappa shape index (κ3) is 0.962. The van der Waals surface area contributed by atoms with E-state index in [4.69, 9.17) is 4.99 Å². The molecule has 1 saturated carbocycles. The van der Waals surface area contributed by atoms with Crippen LogP contribution in [0.5, 0.6) is 0 Å². The maximum absolute atomic E-state index is 4.76. The van der Waals surface area contributed by atoms with Crippen molar-refractivity contribution in [2.24, 2.45) is 16.3 Å². The van der Waals surface area contributed by atoms with Crippen molar-refractivity contribution < 1.29 is 0 Å². The molecule has 0 N–H and O–H groups in total. The van der Waals surface area contributed by atoms with Gasteiger partial charge in [0.1, 0.15) is 0 Å². The van der Waals surface area contributed by atoms with Gasteiger partial charge in [-0.2, -0.15) is 0 Å². The fraction of sp³-hybridized carbons (Fsp3) is 0.750. The van der Waals surface area contributed by atoms with Crippen LogP contribution in [0.15, 0.2) is 17.1 Å². The highest BCUT2D eigenvalue weighted by Gasteiger charge is 2.46. The summed E-state index contributed by atoms with van der Waals surface area (Å²) >= 11 is 0. The molecule has 0 radical (unpaired) electrons. The fourth-order valence-electron chi connectivity index (χ4n) is 3.50. The van der Waals surface area contributed by atoms with E-state index in [0.29, 0.717) is 5.41 Å². The zero-order chi connectivity index (χ0) is 8.73. The van der Waals surface area contributed by atoms with Crippen molar-refractivity contribution in [1.82, 2.24) is 0 Å². The molecule has 1 heteroatoms. The quantitative estimate of drug-likeness (QED) is 0.502. The van der Waals surface area contributed by atoms with Gasteiger partial charge in [0.15, 0.2) is 0 Å². The molecular weight excluding hydrogens is 158 g/mol. The van der Waals surface area contributed by atoms with E-state index in [-0.39, 0.29) is 0 Å². The lowest BCUT2D eigenvalue weighted by Gasteiger charge is -2.43. The van der Waals surface area contributed by atoms with Crippen LogP contribution in [-0.2, 0) is 0 Å². The van der Waals surface area contributed by atoms with E-state index in [2.05, 4.69) is 12.2 Å². The minimum absolute atomic E-state index is 0.524. The monoisotopic (exact) mass is 175 g/mol. The Morgan fingerprint density at radius 1 is 1.38 bits per heavy atom. The first-order chi connectivity index (χ1) is 6.42. The summed E-state index contributed by atoms with van der Waals surface area (Å²) in [5.74, 6) is 0.847. The molecule has 2 aliphatic carbocycles. The fourth-order valence-corrected chi connectivity index (χ4v) is 3.50. The van der Waals surface area contributed by atoms with Crippen molar-refractivity contribution in [1.29, 1.82) is 0 Å². The van der Waals surface area contributed by atoms with Crippen LogP contribution in [0.4, 0.5) is 0 Å². The number of rotatable bonds is 0. The SMILES string of the molecule is C1=CC2CCCC3=NCCCC32C1. The van der Waals surface area contributed by atoms with Crippen LogP contribution in [0.2, 0.25) is 0 Å². The molecule has 1 heterocycles. The maximum atomic E-state index is 4.76. The molecule has 0 amide bonds. The van der Waals surface area contributed by atoms with Crippen molar-refractivity contribution in [3.63, 3.8) is 0 Å². The molecule has 1 aliphatic heterocycles. The molecule has 2 unspecified atom stereocenters. The van der Waals surface area contributed by atoms with Crippen LogP contribution < -0.4 is 0 Å². The highest BCUT2D eigenvalue weighted by atomic mass is 14.8. The summed E-state index contributed by atoms with van der Waals surface area (Å²) in [6.07, 6.45) is 12.9. The first-order valence-corrected chi connectivity index (χ1v) is 5.62. The van der Waals surface area contributed by atoms with Crippen LogP contribution in [0.3, 0.4) is 0 Å². The van der Waals surface area contributed by atoms with E-state index in [9.17, 15) is 0 Å². The van der Waals surface area contributed by atoms with E-state index < -0.39 is 0 Å². The molecule has 13 heavy (non-hydrogen) atoms. The Hall–Kier alpha value is -0.590. The van der Waals surface area contributed by atoms with Gasteiger partial charge in [-0.3, -0.25) is 4.99 Å². The van der Waals surface area contributed by atoms with Gasteiger partial charge < -0.3 is 0 Å². The molecule has 70 valence electrons. The molecular formula is C12H17N. The Morgan fingerprint density at radius 2 is 2.38 bits per heavy atom. The van der Waals surface area contributed by atoms with E-state index in [0.717, 1.165) is 12.5 Å². The average molecular weight is 175 g/mol. The zero-order valence-corrected chi connectivity index (χ0v) is 8.13. The average Bonchev–Trinajstić information content (AvgIpc) is 2.58. The highest BCUT2D eigenvalue weighted by Crippen LogP contribution is 2.51. The second kappa shape index (κ2) is 2.70. The van der Waals surface area contributed by atoms with Gasteiger partial charge >= 0.3 is 0 Å². The zero-order valence-electron chi connectivity index (χ0n) is 8.13. The molecule has 0 aromatic carbocycles. The van der Waals surface area contributed by atoms with E-state index in [1.54, 1.807) is 5.71 Å². The molecule has 0 saturated heterocycles. The lowest BCUT2D eigenvalue weighted by atomic mass is 9.63. The standard InChI is InChI=1S/C12H17N/c1-4-10-5-2-7-12(10)8-3-9-13-11(12)6-1/h2,5,10H,1,3-4,6-9H2. The molecule has 1 fully saturated rings. The Balaban J connectivity index is 2.02. The molecule has 0 bridgehead atoms. The van der Waals surface area contributed by atoms with Crippen LogP contribution in [0.25, 0.3) is 0 Å². The number of hydrogen-bond donors (Lipinski definition) is 0. The van der Waals surface area contributed by atoms with Crippen molar-refractivity contribution in [2.45, 2.75) is 38.5 Å². The topological polar surface area (TPSA) is 12.4 Å². The Bertz CT molecular complexity index is 277. The normalized spacial score (nSPS) is 42.5. The predicted octanol–water partition coefficient (Wildman–Crippen LogP) is 2.97. The molecule has 1 nitrogen and oxygen atoms in total. The molecule has 3 aliphatic rings. The first kappa shape index (κ1) is 7.78. The molecule has 2 atom stereocenters. The summed E-state index contributed by atoms with van der Waals surface area (Å²) < 4.78 is 0. The van der Waals surface area contributed by atoms with Crippen molar-refractivity contribution in [2.75, 3.05) is 6.54 Å². The van der Waals surface area contributed by atoms with Crippen LogP contribution in [0.1, 0.15) is 38.5 Å². The Kier molecular flexibility index (Phi) is 1.61. The largest absolute Gasteiger partial charge is 0.294 e. The highest BCUT2D eigenvalue weighted by molar-refractivity contribution is 5.92. The molecule has 0 aromatic heterocycles. The van der Waals surface area contributed by atoms with Crippen LogP contribution in [-0.4, -0.2) is 12.3 Å². The van der Waals surface area contributed by atoms with Crippen LogP contribution in [0, 0.1) is 11.3 Å². The number of nitrogens with zero attached hydrogens (tertiary/aromatic N) is 1. The van der Waals surface area contributed by atoms with Gasteiger partial charge in [0.2, 0.25) is 0 Å². The lowest BCUT2D eigenvalue weighted by Crippen LogP contribution is -2.41. The van der Waals surface area contributed by atoms with Gasteiger partial charge in [-0.15, -0.1) is 0 Å². The van der Waals surface area contributed by atoms with Gasteiger partial charge in [-0.25, -0.2) is 0 Å². The summed E-state index contributed by atoms with van der Waals surface area (Å²) in [4.78, 5) is 4.76. The van der Waals surface area contributed by atoms with E-state index in [1.165, 1.54) is 38.5 Å². The molecule has 1 spiro atoms. The van der Waals surface area contributed by atoms with Gasteiger partial charge in [0.25, 0.3) is 0 Å². The summed E-state index contributed by atoms with van der Waals surface area (Å²) in [5.41, 5.74) is 2.09. The minimum atomic E-state index is 0.524. The predicted molar refractivity (Wildman–Crippen MR) is 55.1 cm³/mol. The lowest BCUT2D eigenvalue weighted by molar-refractivity contribution is 0.248.